The second-order valence-corrected chi connectivity index (χ2v) is 6.17. The van der Waals surface area contributed by atoms with Crippen molar-refractivity contribution in [3.05, 3.63) is 48.0 Å². The van der Waals surface area contributed by atoms with E-state index in [0.29, 0.717) is 6.04 Å². The van der Waals surface area contributed by atoms with Gasteiger partial charge < -0.3 is 9.88 Å². The summed E-state index contributed by atoms with van der Waals surface area (Å²) in [7, 11) is 4.07. The van der Waals surface area contributed by atoms with Crippen LogP contribution in [0.15, 0.2) is 41.6 Å². The number of nitrogens with one attached hydrogen (secondary N) is 1. The summed E-state index contributed by atoms with van der Waals surface area (Å²) >= 11 is 1.88. The molecule has 1 N–H and O–H groups in total. The number of aryl methyl sites for hydroxylation is 2. The molecule has 2 aromatic rings. The van der Waals surface area contributed by atoms with Crippen LogP contribution in [0.4, 0.5) is 0 Å². The second-order valence-electron chi connectivity index (χ2n) is 4.84. The van der Waals surface area contributed by atoms with Crippen molar-refractivity contribution in [3.8, 4) is 0 Å². The third-order valence-electron chi connectivity index (χ3n) is 3.52. The molecule has 1 aromatic carbocycles. The average Bonchev–Trinajstić information content (AvgIpc) is 2.87. The van der Waals surface area contributed by atoms with Crippen LogP contribution in [0.25, 0.3) is 0 Å². The quantitative estimate of drug-likeness (QED) is 0.792. The maximum atomic E-state index is 4.39. The maximum Gasteiger partial charge on any atom is 0.108 e. The molecule has 4 heteroatoms. The fourth-order valence-corrected chi connectivity index (χ4v) is 3.01. The molecular weight excluding hydrogens is 266 g/mol. The zero-order valence-electron chi connectivity index (χ0n) is 12.5. The average molecular weight is 289 g/mol. The van der Waals surface area contributed by atoms with Gasteiger partial charge in [0, 0.05) is 36.8 Å². The molecule has 0 saturated heterocycles. The minimum absolute atomic E-state index is 0.382. The molecule has 0 aliphatic heterocycles. The highest BCUT2D eigenvalue weighted by Crippen LogP contribution is 2.23. The van der Waals surface area contributed by atoms with E-state index in [1.165, 1.54) is 10.5 Å². The summed E-state index contributed by atoms with van der Waals surface area (Å²) < 4.78 is 2.09. The predicted octanol–water partition coefficient (Wildman–Crippen LogP) is 3.43. The fraction of sp³-hybridized carbons (Fsp3) is 0.438. The molecule has 0 amide bonds. The molecule has 1 atom stereocenters. The maximum absolute atomic E-state index is 4.39. The Morgan fingerprint density at radius 1 is 1.30 bits per heavy atom. The summed E-state index contributed by atoms with van der Waals surface area (Å²) in [6.07, 6.45) is 5.91. The Hall–Kier alpha value is -1.26. The minimum atomic E-state index is 0.382. The molecule has 2 rings (SSSR count). The standard InChI is InChI=1S/C16H23N3S/c1-4-20-14-7-5-13(6-8-14)15(17-2)9-10-16-18-11-12-19(16)3/h5-8,11-12,15,17H,4,9-10H2,1-3H3. The molecule has 0 saturated carbocycles. The van der Waals surface area contributed by atoms with E-state index in [9.17, 15) is 0 Å². The second kappa shape index (κ2) is 7.50. The topological polar surface area (TPSA) is 29.9 Å². The van der Waals surface area contributed by atoms with Crippen LogP contribution in [0.1, 0.15) is 30.8 Å². The Kier molecular flexibility index (Phi) is 5.68. The van der Waals surface area contributed by atoms with Gasteiger partial charge in [0.25, 0.3) is 0 Å². The molecule has 0 spiro atoms. The summed E-state index contributed by atoms with van der Waals surface area (Å²) in [5, 5.41) is 3.41. The van der Waals surface area contributed by atoms with Crippen LogP contribution < -0.4 is 5.32 Å². The highest BCUT2D eigenvalue weighted by molar-refractivity contribution is 7.99. The first kappa shape index (κ1) is 15.1. The lowest BCUT2D eigenvalue weighted by atomic mass is 10.0. The molecule has 108 valence electrons. The van der Waals surface area contributed by atoms with Gasteiger partial charge in [-0.25, -0.2) is 4.98 Å². The Morgan fingerprint density at radius 2 is 2.05 bits per heavy atom. The highest BCUT2D eigenvalue weighted by atomic mass is 32.2. The first-order chi connectivity index (χ1) is 9.74. The number of aromatic nitrogens is 2. The lowest BCUT2D eigenvalue weighted by molar-refractivity contribution is 0.535. The van der Waals surface area contributed by atoms with Crippen LogP contribution in [0, 0.1) is 0 Å². The van der Waals surface area contributed by atoms with Crippen molar-refractivity contribution in [1.29, 1.82) is 0 Å². The van der Waals surface area contributed by atoms with Crippen molar-refractivity contribution >= 4 is 11.8 Å². The molecule has 20 heavy (non-hydrogen) atoms. The van der Waals surface area contributed by atoms with Gasteiger partial charge in [-0.3, -0.25) is 0 Å². The molecule has 0 fully saturated rings. The summed E-state index contributed by atoms with van der Waals surface area (Å²) in [4.78, 5) is 5.73. The third kappa shape index (κ3) is 3.87. The largest absolute Gasteiger partial charge is 0.338 e. The molecule has 1 unspecified atom stereocenters. The molecule has 1 heterocycles. The van der Waals surface area contributed by atoms with Crippen molar-refractivity contribution in [2.75, 3.05) is 12.8 Å². The number of rotatable bonds is 7. The van der Waals surface area contributed by atoms with Gasteiger partial charge in [-0.15, -0.1) is 11.8 Å². The van der Waals surface area contributed by atoms with Crippen molar-refractivity contribution in [2.45, 2.75) is 30.7 Å². The van der Waals surface area contributed by atoms with Crippen LogP contribution in [-0.4, -0.2) is 22.4 Å². The molecule has 0 aliphatic rings. The monoisotopic (exact) mass is 289 g/mol. The van der Waals surface area contributed by atoms with Gasteiger partial charge in [0.05, 0.1) is 0 Å². The van der Waals surface area contributed by atoms with E-state index in [2.05, 4.69) is 46.1 Å². The SMILES string of the molecule is CCSc1ccc(C(CCc2nccn2C)NC)cc1. The van der Waals surface area contributed by atoms with Gasteiger partial charge in [0.2, 0.25) is 0 Å². The fourth-order valence-electron chi connectivity index (χ4n) is 2.35. The number of hydrogen-bond acceptors (Lipinski definition) is 3. The van der Waals surface area contributed by atoms with Crippen LogP contribution >= 0.6 is 11.8 Å². The normalized spacial score (nSPS) is 12.6. The van der Waals surface area contributed by atoms with E-state index < -0.39 is 0 Å². The number of imidazole rings is 1. The van der Waals surface area contributed by atoms with Gasteiger partial charge in [0.1, 0.15) is 5.82 Å². The van der Waals surface area contributed by atoms with E-state index in [1.54, 1.807) is 0 Å². The Bertz CT molecular complexity index is 519. The Labute approximate surface area is 125 Å². The zero-order valence-corrected chi connectivity index (χ0v) is 13.3. The van der Waals surface area contributed by atoms with E-state index >= 15 is 0 Å². The first-order valence-corrected chi connectivity index (χ1v) is 8.09. The van der Waals surface area contributed by atoms with E-state index in [1.807, 2.05) is 38.3 Å². The zero-order chi connectivity index (χ0) is 14.4. The Morgan fingerprint density at radius 3 is 2.60 bits per heavy atom. The molecule has 0 aliphatic carbocycles. The molecule has 0 bridgehead atoms. The molecule has 0 radical (unpaired) electrons. The molecule has 3 nitrogen and oxygen atoms in total. The van der Waals surface area contributed by atoms with Gasteiger partial charge >= 0.3 is 0 Å². The highest BCUT2D eigenvalue weighted by Gasteiger charge is 2.10. The number of benzene rings is 1. The number of thioether (sulfide) groups is 1. The Balaban J connectivity index is 1.98. The van der Waals surface area contributed by atoms with Gasteiger partial charge in [-0.05, 0) is 36.9 Å². The first-order valence-electron chi connectivity index (χ1n) is 7.10. The number of nitrogens with zero attached hydrogens (tertiary/aromatic N) is 2. The molecule has 1 aromatic heterocycles. The van der Waals surface area contributed by atoms with Crippen LogP contribution in [0.2, 0.25) is 0 Å². The van der Waals surface area contributed by atoms with Crippen molar-refractivity contribution in [1.82, 2.24) is 14.9 Å². The lowest BCUT2D eigenvalue weighted by Gasteiger charge is -2.17. The van der Waals surface area contributed by atoms with Gasteiger partial charge in [-0.1, -0.05) is 19.1 Å². The van der Waals surface area contributed by atoms with Gasteiger partial charge in [-0.2, -0.15) is 0 Å². The number of hydrogen-bond donors (Lipinski definition) is 1. The third-order valence-corrected chi connectivity index (χ3v) is 4.41. The smallest absolute Gasteiger partial charge is 0.108 e. The van der Waals surface area contributed by atoms with E-state index in [-0.39, 0.29) is 0 Å². The molecular formula is C16H23N3S. The van der Waals surface area contributed by atoms with Crippen molar-refractivity contribution in [3.63, 3.8) is 0 Å². The van der Waals surface area contributed by atoms with Crippen molar-refractivity contribution in [2.24, 2.45) is 7.05 Å². The lowest BCUT2D eigenvalue weighted by Crippen LogP contribution is -2.17. The summed E-state index contributed by atoms with van der Waals surface area (Å²) in [5.41, 5.74) is 1.35. The summed E-state index contributed by atoms with van der Waals surface area (Å²) in [6.45, 7) is 2.18. The summed E-state index contributed by atoms with van der Waals surface area (Å²) in [5.74, 6) is 2.26. The predicted molar refractivity (Wildman–Crippen MR) is 86.2 cm³/mol. The van der Waals surface area contributed by atoms with Crippen molar-refractivity contribution < 1.29 is 0 Å². The van der Waals surface area contributed by atoms with Gasteiger partial charge in [0.15, 0.2) is 0 Å². The van der Waals surface area contributed by atoms with E-state index in [4.69, 9.17) is 0 Å². The minimum Gasteiger partial charge on any atom is -0.338 e. The van der Waals surface area contributed by atoms with E-state index in [0.717, 1.165) is 24.4 Å². The van der Waals surface area contributed by atoms with Crippen LogP contribution in [0.5, 0.6) is 0 Å². The van der Waals surface area contributed by atoms with Crippen LogP contribution in [0.3, 0.4) is 0 Å². The van der Waals surface area contributed by atoms with Crippen LogP contribution in [-0.2, 0) is 13.5 Å². The summed E-state index contributed by atoms with van der Waals surface area (Å²) in [6, 6.07) is 9.28.